The summed E-state index contributed by atoms with van der Waals surface area (Å²) < 4.78 is 31.4. The fourth-order valence-corrected chi connectivity index (χ4v) is 4.90. The van der Waals surface area contributed by atoms with E-state index in [4.69, 9.17) is 0 Å². The Hall–Kier alpha value is -2.42. The van der Waals surface area contributed by atoms with Gasteiger partial charge in [-0.2, -0.15) is 0 Å². The molecule has 1 saturated carbocycles. The Labute approximate surface area is 170 Å². The number of likely N-dealkylation sites (tertiary alicyclic amines) is 1. The summed E-state index contributed by atoms with van der Waals surface area (Å²) in [6.45, 7) is 0.171. The summed E-state index contributed by atoms with van der Waals surface area (Å²) in [4.78, 5) is 18.7. The molecule has 1 amide bonds. The van der Waals surface area contributed by atoms with Crippen LogP contribution in [-0.4, -0.2) is 43.0 Å². The normalized spacial score (nSPS) is 21.2. The molecule has 1 aliphatic carbocycles. The average Bonchev–Trinajstić information content (AvgIpc) is 3.10. The van der Waals surface area contributed by atoms with Crippen LogP contribution in [0.5, 0.6) is 0 Å². The standard InChI is InChI=1S/C20H21F2N5OS/c21-20(22)9-15(19-25-23-12-26(19)10-13-5-6-13)27(11-20)18(28)8-7-17-24-14-3-1-2-4-16(14)29-17/h1-4,12-13,15H,5-11H2/t15-/m0/s1. The van der Waals surface area contributed by atoms with Crippen LogP contribution in [0.4, 0.5) is 8.78 Å². The highest BCUT2D eigenvalue weighted by Gasteiger charge is 2.49. The van der Waals surface area contributed by atoms with E-state index in [0.29, 0.717) is 18.2 Å². The molecule has 3 aromatic rings. The Balaban J connectivity index is 1.32. The average molecular weight is 417 g/mol. The Bertz CT molecular complexity index is 1010. The number of aryl methyl sites for hydroxylation is 1. The van der Waals surface area contributed by atoms with E-state index in [-0.39, 0.29) is 12.3 Å². The number of hydrogen-bond donors (Lipinski definition) is 0. The first kappa shape index (κ1) is 18.6. The van der Waals surface area contributed by atoms with E-state index in [1.54, 1.807) is 6.33 Å². The number of carbonyl (C=O) groups excluding carboxylic acids is 1. The first-order valence-electron chi connectivity index (χ1n) is 9.88. The van der Waals surface area contributed by atoms with Gasteiger partial charge in [-0.15, -0.1) is 21.5 Å². The van der Waals surface area contributed by atoms with Gasteiger partial charge in [0.25, 0.3) is 5.92 Å². The number of para-hydroxylation sites is 1. The van der Waals surface area contributed by atoms with Crippen LogP contribution in [0.2, 0.25) is 0 Å². The van der Waals surface area contributed by atoms with Gasteiger partial charge in [0.15, 0.2) is 5.82 Å². The van der Waals surface area contributed by atoms with Crippen LogP contribution in [0.25, 0.3) is 10.2 Å². The van der Waals surface area contributed by atoms with E-state index < -0.39 is 24.9 Å². The van der Waals surface area contributed by atoms with Gasteiger partial charge < -0.3 is 9.47 Å². The smallest absolute Gasteiger partial charge is 0.267 e. The van der Waals surface area contributed by atoms with Crippen molar-refractivity contribution in [1.82, 2.24) is 24.6 Å². The second kappa shape index (κ2) is 7.12. The molecule has 3 heterocycles. The van der Waals surface area contributed by atoms with Crippen molar-refractivity contribution < 1.29 is 13.6 Å². The van der Waals surface area contributed by atoms with E-state index in [1.807, 2.05) is 28.8 Å². The van der Waals surface area contributed by atoms with Gasteiger partial charge in [0.1, 0.15) is 6.33 Å². The summed E-state index contributed by atoms with van der Waals surface area (Å²) >= 11 is 1.54. The lowest BCUT2D eigenvalue weighted by Crippen LogP contribution is -2.34. The number of aromatic nitrogens is 4. The van der Waals surface area contributed by atoms with E-state index in [0.717, 1.165) is 34.6 Å². The highest BCUT2D eigenvalue weighted by molar-refractivity contribution is 7.18. The number of fused-ring (bicyclic) bond motifs is 1. The number of nitrogens with zero attached hydrogens (tertiary/aromatic N) is 5. The molecule has 0 radical (unpaired) electrons. The lowest BCUT2D eigenvalue weighted by molar-refractivity contribution is -0.133. The zero-order chi connectivity index (χ0) is 20.0. The van der Waals surface area contributed by atoms with Crippen molar-refractivity contribution in [2.75, 3.05) is 6.54 Å². The molecule has 29 heavy (non-hydrogen) atoms. The highest BCUT2D eigenvalue weighted by atomic mass is 32.1. The van der Waals surface area contributed by atoms with Gasteiger partial charge in [-0.3, -0.25) is 4.79 Å². The van der Waals surface area contributed by atoms with E-state index in [1.165, 1.54) is 16.2 Å². The third kappa shape index (κ3) is 3.88. The SMILES string of the molecule is O=C(CCc1nc2ccccc2s1)N1CC(F)(F)C[C@H]1c1nncn1CC1CC1. The van der Waals surface area contributed by atoms with Gasteiger partial charge in [-0.25, -0.2) is 13.8 Å². The van der Waals surface area contributed by atoms with Crippen LogP contribution in [0, 0.1) is 5.92 Å². The number of thiazole rings is 1. The number of benzene rings is 1. The maximum absolute atomic E-state index is 14.2. The number of alkyl halides is 2. The molecule has 152 valence electrons. The van der Waals surface area contributed by atoms with E-state index in [2.05, 4.69) is 15.2 Å². The molecule has 5 rings (SSSR count). The van der Waals surface area contributed by atoms with Crippen molar-refractivity contribution >= 4 is 27.5 Å². The summed E-state index contributed by atoms with van der Waals surface area (Å²) in [6.07, 6.45) is 4.08. The summed E-state index contributed by atoms with van der Waals surface area (Å²) in [5.41, 5.74) is 0.902. The predicted octanol–water partition coefficient (Wildman–Crippen LogP) is 3.84. The molecule has 2 aromatic heterocycles. The van der Waals surface area contributed by atoms with Crippen LogP contribution in [0.1, 0.15) is 42.6 Å². The molecule has 0 unspecified atom stereocenters. The van der Waals surface area contributed by atoms with Crippen LogP contribution in [-0.2, 0) is 17.8 Å². The lowest BCUT2D eigenvalue weighted by atomic mass is 10.1. The topological polar surface area (TPSA) is 63.9 Å². The molecule has 1 aliphatic heterocycles. The molecular formula is C20H21F2N5OS. The van der Waals surface area contributed by atoms with Gasteiger partial charge in [-0.05, 0) is 30.9 Å². The van der Waals surface area contributed by atoms with E-state index >= 15 is 0 Å². The quantitative estimate of drug-likeness (QED) is 0.611. The lowest BCUT2D eigenvalue weighted by Gasteiger charge is -2.23. The van der Waals surface area contributed by atoms with Gasteiger partial charge in [-0.1, -0.05) is 12.1 Å². The molecule has 1 saturated heterocycles. The fraction of sp³-hybridized carbons (Fsp3) is 0.500. The second-order valence-corrected chi connectivity index (χ2v) is 9.07. The number of carbonyl (C=O) groups is 1. The minimum atomic E-state index is -2.91. The predicted molar refractivity (Wildman–Crippen MR) is 105 cm³/mol. The zero-order valence-electron chi connectivity index (χ0n) is 15.8. The highest BCUT2D eigenvalue weighted by Crippen LogP contribution is 2.41. The maximum Gasteiger partial charge on any atom is 0.267 e. The van der Waals surface area contributed by atoms with Crippen LogP contribution in [0.3, 0.4) is 0 Å². The van der Waals surface area contributed by atoms with Gasteiger partial charge in [0, 0.05) is 25.8 Å². The first-order chi connectivity index (χ1) is 14.0. The molecule has 0 spiro atoms. The van der Waals surface area contributed by atoms with Crippen molar-refractivity contribution in [2.24, 2.45) is 5.92 Å². The van der Waals surface area contributed by atoms with Crippen LogP contribution in [0.15, 0.2) is 30.6 Å². The van der Waals surface area contributed by atoms with Gasteiger partial charge in [0.2, 0.25) is 5.91 Å². The molecule has 2 fully saturated rings. The third-order valence-electron chi connectivity index (χ3n) is 5.58. The molecule has 0 N–H and O–H groups in total. The summed E-state index contributed by atoms with van der Waals surface area (Å²) in [5, 5.41) is 8.87. The van der Waals surface area contributed by atoms with Gasteiger partial charge in [0.05, 0.1) is 27.8 Å². The Morgan fingerprint density at radius 1 is 1.28 bits per heavy atom. The minimum Gasteiger partial charge on any atom is -0.326 e. The number of hydrogen-bond acceptors (Lipinski definition) is 5. The molecule has 2 aliphatic rings. The Morgan fingerprint density at radius 2 is 2.10 bits per heavy atom. The van der Waals surface area contributed by atoms with Crippen molar-refractivity contribution in [3.8, 4) is 0 Å². The molecule has 1 aromatic carbocycles. The molecule has 1 atom stereocenters. The van der Waals surface area contributed by atoms with Crippen molar-refractivity contribution in [3.05, 3.63) is 41.4 Å². The Kier molecular flexibility index (Phi) is 4.57. The molecule has 0 bridgehead atoms. The largest absolute Gasteiger partial charge is 0.326 e. The maximum atomic E-state index is 14.2. The number of halogens is 2. The minimum absolute atomic E-state index is 0.156. The molecular weight excluding hydrogens is 396 g/mol. The summed E-state index contributed by atoms with van der Waals surface area (Å²) in [5.74, 6) is -2.16. The number of amides is 1. The second-order valence-electron chi connectivity index (χ2n) is 7.96. The van der Waals surface area contributed by atoms with E-state index in [9.17, 15) is 13.6 Å². The number of rotatable bonds is 6. The zero-order valence-corrected chi connectivity index (χ0v) is 16.6. The molecule has 9 heteroatoms. The monoisotopic (exact) mass is 417 g/mol. The fourth-order valence-electron chi connectivity index (χ4n) is 3.94. The molecule has 6 nitrogen and oxygen atoms in total. The van der Waals surface area contributed by atoms with Crippen molar-refractivity contribution in [3.63, 3.8) is 0 Å². The van der Waals surface area contributed by atoms with Crippen molar-refractivity contribution in [1.29, 1.82) is 0 Å². The van der Waals surface area contributed by atoms with Gasteiger partial charge >= 0.3 is 0 Å². The Morgan fingerprint density at radius 3 is 2.90 bits per heavy atom. The summed E-state index contributed by atoms with van der Waals surface area (Å²) in [7, 11) is 0. The van der Waals surface area contributed by atoms with Crippen LogP contribution < -0.4 is 0 Å². The van der Waals surface area contributed by atoms with Crippen LogP contribution >= 0.6 is 11.3 Å². The van der Waals surface area contributed by atoms with Crippen molar-refractivity contribution in [2.45, 2.75) is 50.6 Å². The third-order valence-corrected chi connectivity index (χ3v) is 6.67. The summed E-state index contributed by atoms with van der Waals surface area (Å²) in [6, 6.07) is 7.06. The first-order valence-corrected chi connectivity index (χ1v) is 10.7.